The summed E-state index contributed by atoms with van der Waals surface area (Å²) in [5.74, 6) is 1.50. The molecule has 0 radical (unpaired) electrons. The normalized spacial score (nSPS) is 11.8. The zero-order valence-electron chi connectivity index (χ0n) is 20.5. The van der Waals surface area contributed by atoms with Crippen LogP contribution in [-0.2, 0) is 7.05 Å². The van der Waals surface area contributed by atoms with E-state index in [1.165, 1.54) is 21.3 Å². The van der Waals surface area contributed by atoms with Gasteiger partial charge < -0.3 is 23.5 Å². The number of alkyl halides is 3. The molecule has 0 bridgehead atoms. The summed E-state index contributed by atoms with van der Waals surface area (Å²) in [6.07, 6.45) is -0.814. The third kappa shape index (κ3) is 4.48. The van der Waals surface area contributed by atoms with Gasteiger partial charge in [-0.15, -0.1) is 10.2 Å². The number of aryl methyl sites for hydroxylation is 1. The zero-order valence-corrected chi connectivity index (χ0v) is 20.5. The van der Waals surface area contributed by atoms with E-state index >= 15 is 0 Å². The second kappa shape index (κ2) is 9.23. The predicted molar refractivity (Wildman–Crippen MR) is 132 cm³/mol. The molecule has 2 aromatic carbocycles. The Kier molecular flexibility index (Phi) is 6.06. The molecule has 0 aliphatic rings. The summed E-state index contributed by atoms with van der Waals surface area (Å²) in [7, 11) is 6.42. The Labute approximate surface area is 209 Å². The minimum Gasteiger partial charge on any atom is -0.493 e. The molecule has 0 amide bonds. The van der Waals surface area contributed by atoms with Crippen molar-refractivity contribution in [2.45, 2.75) is 6.18 Å². The number of pyridine rings is 1. The molecule has 3 aromatic heterocycles. The fourth-order valence-electron chi connectivity index (χ4n) is 4.26. The molecule has 0 N–H and O–H groups in total. The van der Waals surface area contributed by atoms with Gasteiger partial charge >= 0.3 is 6.18 Å². The number of hydrogen-bond acceptors (Lipinski definition) is 6. The van der Waals surface area contributed by atoms with Crippen LogP contribution in [0.2, 0.25) is 0 Å². The van der Waals surface area contributed by atoms with Gasteiger partial charge in [0.15, 0.2) is 29.7 Å². The molecule has 11 heteroatoms. The Morgan fingerprint density at radius 3 is 2.16 bits per heavy atom. The van der Waals surface area contributed by atoms with Gasteiger partial charge in [0.25, 0.3) is 0 Å². The minimum absolute atomic E-state index is 0.0471. The molecule has 0 aliphatic heterocycles. The number of hydrogen-bond donors (Lipinski definition) is 0. The van der Waals surface area contributed by atoms with Gasteiger partial charge in [0.2, 0.25) is 11.4 Å². The quantitative estimate of drug-likeness (QED) is 0.286. The van der Waals surface area contributed by atoms with Crippen molar-refractivity contribution in [3.05, 3.63) is 54.9 Å². The minimum atomic E-state index is -4.52. The number of nitrogens with zero attached hydrogens (tertiary/aromatic N) is 4. The van der Waals surface area contributed by atoms with E-state index in [9.17, 15) is 13.2 Å². The number of halogens is 3. The molecule has 5 rings (SSSR count). The Morgan fingerprint density at radius 1 is 0.811 bits per heavy atom. The number of aromatic nitrogens is 4. The Hall–Kier alpha value is -4.41. The first-order chi connectivity index (χ1) is 17.7. The highest BCUT2D eigenvalue weighted by molar-refractivity contribution is 5.86. The van der Waals surface area contributed by atoms with Crippen molar-refractivity contribution in [1.82, 2.24) is 19.2 Å². The van der Waals surface area contributed by atoms with Crippen molar-refractivity contribution in [1.29, 1.82) is 0 Å². The van der Waals surface area contributed by atoms with Crippen molar-refractivity contribution in [3.63, 3.8) is 0 Å². The molecule has 0 spiro atoms. The van der Waals surface area contributed by atoms with Gasteiger partial charge in [-0.05, 0) is 42.0 Å². The van der Waals surface area contributed by atoms with Crippen LogP contribution in [0.1, 0.15) is 0 Å². The first-order valence-electron chi connectivity index (χ1n) is 11.2. The smallest absolute Gasteiger partial charge is 0.422 e. The van der Waals surface area contributed by atoms with Gasteiger partial charge in [-0.2, -0.15) is 13.2 Å². The summed E-state index contributed by atoms with van der Waals surface area (Å²) in [6, 6.07) is 12.7. The van der Waals surface area contributed by atoms with E-state index in [0.29, 0.717) is 34.2 Å². The molecule has 0 aliphatic carbocycles. The van der Waals surface area contributed by atoms with Gasteiger partial charge in [-0.3, -0.25) is 4.40 Å². The van der Waals surface area contributed by atoms with E-state index in [1.807, 2.05) is 42.1 Å². The van der Waals surface area contributed by atoms with Gasteiger partial charge in [0, 0.05) is 41.5 Å². The molecule has 0 atom stereocenters. The van der Waals surface area contributed by atoms with Crippen LogP contribution in [0.3, 0.4) is 0 Å². The lowest BCUT2D eigenvalue weighted by Gasteiger charge is -2.14. The highest BCUT2D eigenvalue weighted by Gasteiger charge is 2.29. The largest absolute Gasteiger partial charge is 0.493 e. The van der Waals surface area contributed by atoms with E-state index in [-0.39, 0.29) is 11.4 Å². The Morgan fingerprint density at radius 2 is 1.51 bits per heavy atom. The molecule has 37 heavy (non-hydrogen) atoms. The predicted octanol–water partition coefficient (Wildman–Crippen LogP) is 5.52. The molecular formula is C26H23F3N4O4. The topological polar surface area (TPSA) is 72.0 Å². The summed E-state index contributed by atoms with van der Waals surface area (Å²) >= 11 is 0. The van der Waals surface area contributed by atoms with Gasteiger partial charge in [0.05, 0.1) is 21.3 Å². The summed E-state index contributed by atoms with van der Waals surface area (Å²) in [6.45, 7) is -1.46. The van der Waals surface area contributed by atoms with Crippen molar-refractivity contribution in [2.24, 2.45) is 7.05 Å². The highest BCUT2D eigenvalue weighted by atomic mass is 19.4. The third-order valence-electron chi connectivity index (χ3n) is 6.00. The van der Waals surface area contributed by atoms with Crippen LogP contribution in [0, 0.1) is 0 Å². The summed E-state index contributed by atoms with van der Waals surface area (Å²) in [5, 5.41) is 9.40. The maximum atomic E-state index is 13.0. The van der Waals surface area contributed by atoms with Gasteiger partial charge in [0.1, 0.15) is 0 Å². The molecular weight excluding hydrogens is 489 g/mol. The lowest BCUT2D eigenvalue weighted by Crippen LogP contribution is -2.19. The lowest BCUT2D eigenvalue weighted by molar-refractivity contribution is -0.153. The summed E-state index contributed by atoms with van der Waals surface area (Å²) in [4.78, 5) is 0. The van der Waals surface area contributed by atoms with Crippen LogP contribution in [0.25, 0.3) is 39.1 Å². The maximum Gasteiger partial charge on any atom is 0.422 e. The summed E-state index contributed by atoms with van der Waals surface area (Å²) in [5.41, 5.74) is 3.14. The van der Waals surface area contributed by atoms with E-state index in [0.717, 1.165) is 16.5 Å². The Bertz CT molecular complexity index is 1580. The van der Waals surface area contributed by atoms with Crippen LogP contribution in [0.15, 0.2) is 54.9 Å². The third-order valence-corrected chi connectivity index (χ3v) is 6.00. The molecule has 0 saturated heterocycles. The first kappa shape index (κ1) is 24.3. The first-order valence-corrected chi connectivity index (χ1v) is 11.2. The zero-order chi connectivity index (χ0) is 26.3. The fraction of sp³-hybridized carbons (Fsp3) is 0.231. The van der Waals surface area contributed by atoms with Crippen molar-refractivity contribution < 1.29 is 32.1 Å². The van der Waals surface area contributed by atoms with Crippen molar-refractivity contribution in [3.8, 4) is 45.5 Å². The van der Waals surface area contributed by atoms with Gasteiger partial charge in [-0.1, -0.05) is 6.07 Å². The van der Waals surface area contributed by atoms with Crippen molar-refractivity contribution >= 4 is 16.6 Å². The number of benzene rings is 2. The SMILES string of the molecule is COc1cc(-c2nnc3c(OCC(F)(F)F)cc(-c4ccc5c(ccn5C)c4)cn23)cc(OC)c1OC. The number of rotatable bonds is 7. The molecule has 0 saturated carbocycles. The second-order valence-electron chi connectivity index (χ2n) is 8.33. The number of methoxy groups -OCH3 is 3. The fourth-order valence-corrected chi connectivity index (χ4v) is 4.26. The maximum absolute atomic E-state index is 13.0. The van der Waals surface area contributed by atoms with E-state index < -0.39 is 12.8 Å². The monoisotopic (exact) mass is 512 g/mol. The summed E-state index contributed by atoms with van der Waals surface area (Å²) < 4.78 is 64.2. The number of fused-ring (bicyclic) bond motifs is 2. The van der Waals surface area contributed by atoms with E-state index in [4.69, 9.17) is 18.9 Å². The molecule has 0 unspecified atom stereocenters. The molecule has 0 fully saturated rings. The van der Waals surface area contributed by atoms with Crippen LogP contribution in [0.4, 0.5) is 13.2 Å². The van der Waals surface area contributed by atoms with Crippen LogP contribution in [-0.4, -0.2) is 53.3 Å². The van der Waals surface area contributed by atoms with E-state index in [1.54, 1.807) is 28.8 Å². The molecule has 3 heterocycles. The average molecular weight is 512 g/mol. The molecule has 8 nitrogen and oxygen atoms in total. The Balaban J connectivity index is 1.71. The molecule has 5 aromatic rings. The second-order valence-corrected chi connectivity index (χ2v) is 8.33. The van der Waals surface area contributed by atoms with E-state index in [2.05, 4.69) is 10.2 Å². The van der Waals surface area contributed by atoms with Crippen LogP contribution in [0.5, 0.6) is 23.0 Å². The van der Waals surface area contributed by atoms with Crippen LogP contribution >= 0.6 is 0 Å². The average Bonchev–Trinajstić information content (AvgIpc) is 3.49. The molecule has 192 valence electrons. The highest BCUT2D eigenvalue weighted by Crippen LogP contribution is 2.41. The standard InChI is InChI=1S/C26H23F3N4O4/c1-32-8-7-16-9-15(5-6-19(16)32)18-12-22(37-14-26(27,28)29)25-31-30-24(33(25)13-18)17-10-20(34-2)23(36-4)21(11-17)35-3/h5-13H,14H2,1-4H3. The lowest BCUT2D eigenvalue weighted by atomic mass is 10.1. The van der Waals surface area contributed by atoms with Crippen molar-refractivity contribution in [2.75, 3.05) is 27.9 Å². The number of ether oxygens (including phenoxy) is 4. The van der Waals surface area contributed by atoms with Gasteiger partial charge in [-0.25, -0.2) is 0 Å². The van der Waals surface area contributed by atoms with Crippen LogP contribution < -0.4 is 18.9 Å².